The minimum Gasteiger partial charge on any atom is -0.481 e. The van der Waals surface area contributed by atoms with Crippen LogP contribution >= 0.6 is 0 Å². The van der Waals surface area contributed by atoms with Gasteiger partial charge in [0, 0.05) is 0 Å². The summed E-state index contributed by atoms with van der Waals surface area (Å²) in [5, 5.41) is 20.9. The van der Waals surface area contributed by atoms with E-state index in [0.717, 1.165) is 24.8 Å². The van der Waals surface area contributed by atoms with Crippen molar-refractivity contribution in [2.75, 3.05) is 0 Å². The summed E-state index contributed by atoms with van der Waals surface area (Å²) < 4.78 is 0. The largest absolute Gasteiger partial charge is 0.481 e. The van der Waals surface area contributed by atoms with E-state index in [1.54, 1.807) is 5.48 Å². The van der Waals surface area contributed by atoms with E-state index in [1.807, 2.05) is 30.3 Å². The van der Waals surface area contributed by atoms with Gasteiger partial charge in [-0.2, -0.15) is 0 Å². The van der Waals surface area contributed by atoms with Crippen LogP contribution in [0.2, 0.25) is 0 Å². The van der Waals surface area contributed by atoms with E-state index in [0.29, 0.717) is 25.7 Å². The van der Waals surface area contributed by atoms with E-state index in [2.05, 4.69) is 5.32 Å². The first-order valence-electron chi connectivity index (χ1n) is 9.04. The Labute approximate surface area is 152 Å². The van der Waals surface area contributed by atoms with Crippen LogP contribution in [-0.4, -0.2) is 34.1 Å². The summed E-state index contributed by atoms with van der Waals surface area (Å²) in [4.78, 5) is 35.8. The van der Waals surface area contributed by atoms with Crippen molar-refractivity contribution in [3.05, 3.63) is 35.9 Å². The molecular formula is C19H26N2O5. The van der Waals surface area contributed by atoms with E-state index >= 15 is 0 Å². The number of benzene rings is 1. The van der Waals surface area contributed by atoms with Gasteiger partial charge in [-0.15, -0.1) is 0 Å². The van der Waals surface area contributed by atoms with Crippen molar-refractivity contribution in [1.29, 1.82) is 0 Å². The van der Waals surface area contributed by atoms with Crippen molar-refractivity contribution in [1.82, 2.24) is 10.8 Å². The molecule has 7 nitrogen and oxygen atoms in total. The minimum absolute atomic E-state index is 0.359. The van der Waals surface area contributed by atoms with Crippen LogP contribution in [0.1, 0.15) is 44.1 Å². The maximum Gasteiger partial charge on any atom is 0.307 e. The third-order valence-corrected chi connectivity index (χ3v) is 4.96. The summed E-state index contributed by atoms with van der Waals surface area (Å²) in [5.41, 5.74) is 2.71. The molecule has 1 saturated carbocycles. The van der Waals surface area contributed by atoms with Crippen LogP contribution < -0.4 is 10.8 Å². The number of aryl methyl sites for hydroxylation is 1. The summed E-state index contributed by atoms with van der Waals surface area (Å²) >= 11 is 0. The van der Waals surface area contributed by atoms with Crippen LogP contribution in [0.15, 0.2) is 30.3 Å². The van der Waals surface area contributed by atoms with Gasteiger partial charge in [0.1, 0.15) is 6.04 Å². The molecule has 1 fully saturated rings. The second kappa shape index (κ2) is 9.91. The lowest BCUT2D eigenvalue weighted by Crippen LogP contribution is -2.50. The van der Waals surface area contributed by atoms with Gasteiger partial charge in [0.25, 0.3) is 5.91 Å². The van der Waals surface area contributed by atoms with Gasteiger partial charge in [-0.25, -0.2) is 5.48 Å². The molecule has 0 bridgehead atoms. The second-order valence-corrected chi connectivity index (χ2v) is 6.75. The fraction of sp³-hybridized carbons (Fsp3) is 0.526. The number of rotatable bonds is 8. The number of hydroxylamine groups is 1. The minimum atomic E-state index is -0.975. The molecule has 1 aromatic carbocycles. The standard InChI is InChI=1S/C19H26N2O5/c22-17(14-10-4-5-11-15(14)19(24)25)20-16(18(23)21-26)12-6-9-13-7-2-1-3-8-13/h1-3,7-8,14-16,26H,4-6,9-12H2,(H,20,22)(H,21,23)(H,24,25)/t14-,15+,16?/m0/s1. The van der Waals surface area contributed by atoms with Gasteiger partial charge >= 0.3 is 5.97 Å². The molecule has 0 aromatic heterocycles. The van der Waals surface area contributed by atoms with Crippen LogP contribution in [0.5, 0.6) is 0 Å². The molecule has 1 aromatic rings. The van der Waals surface area contributed by atoms with Gasteiger partial charge < -0.3 is 10.4 Å². The zero-order valence-electron chi connectivity index (χ0n) is 14.7. The highest BCUT2D eigenvalue weighted by Crippen LogP contribution is 2.30. The number of aliphatic carboxylic acids is 1. The van der Waals surface area contributed by atoms with Gasteiger partial charge in [0.15, 0.2) is 0 Å². The highest BCUT2D eigenvalue weighted by molar-refractivity contribution is 5.90. The van der Waals surface area contributed by atoms with E-state index in [9.17, 15) is 19.5 Å². The molecule has 0 saturated heterocycles. The zero-order valence-corrected chi connectivity index (χ0v) is 14.7. The SMILES string of the molecule is O=C(NO)C(CCCc1ccccc1)NC(=O)[C@H]1CCCC[C@H]1C(=O)O. The molecule has 0 radical (unpaired) electrons. The molecule has 2 rings (SSSR count). The van der Waals surface area contributed by atoms with Crippen LogP contribution in [0.25, 0.3) is 0 Å². The van der Waals surface area contributed by atoms with Gasteiger partial charge in [0.2, 0.25) is 5.91 Å². The Morgan fingerprint density at radius 3 is 2.35 bits per heavy atom. The number of carbonyl (C=O) groups excluding carboxylic acids is 2. The maximum absolute atomic E-state index is 12.5. The van der Waals surface area contributed by atoms with Gasteiger partial charge in [0.05, 0.1) is 11.8 Å². The molecule has 0 aliphatic heterocycles. The van der Waals surface area contributed by atoms with Crippen molar-refractivity contribution >= 4 is 17.8 Å². The molecule has 1 aliphatic carbocycles. The Bertz CT molecular complexity index is 620. The molecule has 26 heavy (non-hydrogen) atoms. The van der Waals surface area contributed by atoms with E-state index in [1.165, 1.54) is 0 Å². The van der Waals surface area contributed by atoms with Crippen molar-refractivity contribution in [3.63, 3.8) is 0 Å². The Kier molecular flexibility index (Phi) is 7.59. The Morgan fingerprint density at radius 2 is 1.73 bits per heavy atom. The predicted octanol–water partition coefficient (Wildman–Crippen LogP) is 1.89. The van der Waals surface area contributed by atoms with E-state index < -0.39 is 35.7 Å². The molecule has 142 valence electrons. The molecule has 1 unspecified atom stereocenters. The molecule has 4 N–H and O–H groups in total. The van der Waals surface area contributed by atoms with E-state index in [-0.39, 0.29) is 0 Å². The second-order valence-electron chi connectivity index (χ2n) is 6.75. The summed E-state index contributed by atoms with van der Waals surface area (Å²) in [6, 6.07) is 8.88. The highest BCUT2D eigenvalue weighted by atomic mass is 16.5. The lowest BCUT2D eigenvalue weighted by Gasteiger charge is -2.29. The lowest BCUT2D eigenvalue weighted by atomic mass is 9.78. The van der Waals surface area contributed by atoms with Crippen molar-refractivity contribution in [2.45, 2.75) is 51.0 Å². The monoisotopic (exact) mass is 362 g/mol. The number of carboxylic acids is 1. The lowest BCUT2D eigenvalue weighted by molar-refractivity contribution is -0.149. The van der Waals surface area contributed by atoms with Crippen molar-refractivity contribution in [3.8, 4) is 0 Å². The normalized spacial score (nSPS) is 20.8. The molecule has 3 atom stereocenters. The number of hydrogen-bond donors (Lipinski definition) is 4. The van der Waals surface area contributed by atoms with Crippen LogP contribution in [0.4, 0.5) is 0 Å². The van der Waals surface area contributed by atoms with Crippen LogP contribution in [0, 0.1) is 11.8 Å². The summed E-state index contributed by atoms with van der Waals surface area (Å²) in [6.45, 7) is 0. The Morgan fingerprint density at radius 1 is 1.08 bits per heavy atom. The highest BCUT2D eigenvalue weighted by Gasteiger charge is 2.37. The molecule has 0 spiro atoms. The first kappa shape index (κ1) is 19.9. The number of nitrogens with one attached hydrogen (secondary N) is 2. The average Bonchev–Trinajstić information content (AvgIpc) is 2.67. The first-order chi connectivity index (χ1) is 12.5. The fourth-order valence-corrected chi connectivity index (χ4v) is 3.52. The average molecular weight is 362 g/mol. The predicted molar refractivity (Wildman–Crippen MR) is 94.3 cm³/mol. The van der Waals surface area contributed by atoms with Crippen LogP contribution in [0.3, 0.4) is 0 Å². The molecule has 1 aliphatic rings. The zero-order chi connectivity index (χ0) is 18.9. The molecule has 7 heteroatoms. The molecule has 0 heterocycles. The summed E-state index contributed by atoms with van der Waals surface area (Å²) in [6.07, 6.45) is 4.31. The molecular weight excluding hydrogens is 336 g/mol. The summed E-state index contributed by atoms with van der Waals surface area (Å²) in [7, 11) is 0. The molecule has 2 amide bonds. The van der Waals surface area contributed by atoms with Gasteiger partial charge in [-0.3, -0.25) is 19.6 Å². The fourth-order valence-electron chi connectivity index (χ4n) is 3.52. The summed E-state index contributed by atoms with van der Waals surface area (Å²) in [5.74, 6) is -3.44. The van der Waals surface area contributed by atoms with E-state index in [4.69, 9.17) is 5.21 Å². The quantitative estimate of drug-likeness (QED) is 0.416. The van der Waals surface area contributed by atoms with Crippen LogP contribution in [-0.2, 0) is 20.8 Å². The maximum atomic E-state index is 12.5. The third-order valence-electron chi connectivity index (χ3n) is 4.96. The van der Waals surface area contributed by atoms with Crippen molar-refractivity contribution in [2.24, 2.45) is 11.8 Å². The number of carboxylic acid groups (broad SMARTS) is 1. The number of hydrogen-bond acceptors (Lipinski definition) is 4. The smallest absolute Gasteiger partial charge is 0.307 e. The Hall–Kier alpha value is -2.41. The first-order valence-corrected chi connectivity index (χ1v) is 9.04. The number of carbonyl (C=O) groups is 3. The number of amides is 2. The topological polar surface area (TPSA) is 116 Å². The third kappa shape index (κ3) is 5.56. The van der Waals surface area contributed by atoms with Crippen molar-refractivity contribution < 1.29 is 24.7 Å². The van der Waals surface area contributed by atoms with Gasteiger partial charge in [-0.05, 0) is 37.7 Å². The Balaban J connectivity index is 1.94. The van der Waals surface area contributed by atoms with Gasteiger partial charge in [-0.1, -0.05) is 43.2 Å².